The van der Waals surface area contributed by atoms with Crippen LogP contribution >= 0.6 is 11.6 Å². The topological polar surface area (TPSA) is 32.3 Å². The summed E-state index contributed by atoms with van der Waals surface area (Å²) in [7, 11) is 0. The molecule has 0 fully saturated rings. The van der Waals surface area contributed by atoms with Gasteiger partial charge in [-0.25, -0.2) is 0 Å². The number of aromatic hydroxyl groups is 1. The van der Waals surface area contributed by atoms with Gasteiger partial charge in [-0.3, -0.25) is 0 Å². The van der Waals surface area contributed by atoms with Crippen LogP contribution in [0.4, 0.5) is 0 Å². The Kier molecular flexibility index (Phi) is 5.15. The lowest BCUT2D eigenvalue weighted by atomic mass is 9.97. The van der Waals surface area contributed by atoms with Crippen molar-refractivity contribution in [2.45, 2.75) is 27.2 Å². The van der Waals surface area contributed by atoms with Gasteiger partial charge in [0, 0.05) is 23.2 Å². The summed E-state index contributed by atoms with van der Waals surface area (Å²) in [5, 5.41) is 15.8. The van der Waals surface area contributed by atoms with Crippen LogP contribution in [0.3, 0.4) is 0 Å². The van der Waals surface area contributed by atoms with E-state index in [9.17, 15) is 5.11 Å². The molecule has 0 radical (unpaired) electrons. The van der Waals surface area contributed by atoms with E-state index in [1.165, 1.54) is 0 Å². The highest BCUT2D eigenvalue weighted by molar-refractivity contribution is 6.35. The van der Waals surface area contributed by atoms with Crippen molar-refractivity contribution in [2.75, 3.05) is 6.54 Å². The molecule has 0 bridgehead atoms. The first kappa shape index (κ1) is 16.4. The van der Waals surface area contributed by atoms with E-state index in [0.29, 0.717) is 5.02 Å². The molecule has 2 nitrogen and oxygen atoms in total. The van der Waals surface area contributed by atoms with E-state index in [1.807, 2.05) is 44.2 Å². The summed E-state index contributed by atoms with van der Waals surface area (Å²) in [4.78, 5) is 0. The molecule has 0 aliphatic heterocycles. The van der Waals surface area contributed by atoms with Gasteiger partial charge in [0.15, 0.2) is 0 Å². The fraction of sp³-hybridized carbons (Fsp3) is 0.263. The highest BCUT2D eigenvalue weighted by Gasteiger charge is 2.14. The number of nitrogens with one attached hydrogen (secondary N) is 1. The smallest absolute Gasteiger partial charge is 0.142 e. The standard InChI is InChI=1S/C19H22ClNO/c1-5-10-21-14(4)12(2)11-17-13(3)15-8-6-7-9-16(15)19(22)18(17)20/h6-9,11,21-22H,4-5,10H2,1-3H3/b12-11+. The summed E-state index contributed by atoms with van der Waals surface area (Å²) in [5.41, 5.74) is 3.79. The number of benzene rings is 2. The highest BCUT2D eigenvalue weighted by atomic mass is 35.5. The van der Waals surface area contributed by atoms with Gasteiger partial charge in [-0.2, -0.15) is 0 Å². The zero-order valence-electron chi connectivity index (χ0n) is 13.3. The average molecular weight is 316 g/mol. The molecule has 3 heteroatoms. The number of fused-ring (bicyclic) bond motifs is 1. The largest absolute Gasteiger partial charge is 0.506 e. The van der Waals surface area contributed by atoms with Crippen molar-refractivity contribution in [3.8, 4) is 5.75 Å². The van der Waals surface area contributed by atoms with Crippen LogP contribution in [-0.2, 0) is 0 Å². The van der Waals surface area contributed by atoms with Crippen LogP contribution in [0.5, 0.6) is 5.75 Å². The second-order valence-corrected chi connectivity index (χ2v) is 5.86. The summed E-state index contributed by atoms with van der Waals surface area (Å²) in [6, 6.07) is 7.74. The van der Waals surface area contributed by atoms with E-state index in [0.717, 1.165) is 46.1 Å². The molecule has 0 spiro atoms. The van der Waals surface area contributed by atoms with Gasteiger partial charge >= 0.3 is 0 Å². The predicted molar refractivity (Wildman–Crippen MR) is 96.4 cm³/mol. The number of aryl methyl sites for hydroxylation is 1. The molecular weight excluding hydrogens is 294 g/mol. The molecular formula is C19H22ClNO. The van der Waals surface area contributed by atoms with Crippen molar-refractivity contribution in [1.82, 2.24) is 5.32 Å². The Morgan fingerprint density at radius 3 is 2.59 bits per heavy atom. The van der Waals surface area contributed by atoms with Crippen LogP contribution < -0.4 is 5.32 Å². The number of halogens is 1. The van der Waals surface area contributed by atoms with Gasteiger partial charge in [-0.1, -0.05) is 49.4 Å². The molecule has 0 atom stereocenters. The second-order valence-electron chi connectivity index (χ2n) is 5.48. The zero-order chi connectivity index (χ0) is 16.3. The van der Waals surface area contributed by atoms with Crippen LogP contribution in [0.15, 0.2) is 42.1 Å². The van der Waals surface area contributed by atoms with Gasteiger partial charge in [0.1, 0.15) is 5.75 Å². The molecule has 0 aliphatic carbocycles. The van der Waals surface area contributed by atoms with Crippen molar-refractivity contribution in [3.05, 3.63) is 58.3 Å². The monoisotopic (exact) mass is 315 g/mol. The normalized spacial score (nSPS) is 11.7. The first-order valence-electron chi connectivity index (χ1n) is 7.48. The summed E-state index contributed by atoms with van der Waals surface area (Å²) < 4.78 is 0. The predicted octanol–water partition coefficient (Wildman–Crippen LogP) is 5.42. The van der Waals surface area contributed by atoms with E-state index >= 15 is 0 Å². The van der Waals surface area contributed by atoms with Gasteiger partial charge in [-0.15, -0.1) is 0 Å². The van der Waals surface area contributed by atoms with Crippen molar-refractivity contribution in [3.63, 3.8) is 0 Å². The highest BCUT2D eigenvalue weighted by Crippen LogP contribution is 2.39. The Bertz CT molecular complexity index is 747. The lowest BCUT2D eigenvalue weighted by molar-refractivity contribution is 0.481. The van der Waals surface area contributed by atoms with Crippen LogP contribution in [-0.4, -0.2) is 11.7 Å². The zero-order valence-corrected chi connectivity index (χ0v) is 14.1. The van der Waals surface area contributed by atoms with Crippen LogP contribution in [0.1, 0.15) is 31.4 Å². The molecule has 2 rings (SSSR count). The molecule has 2 aromatic rings. The molecule has 116 valence electrons. The van der Waals surface area contributed by atoms with Crippen LogP contribution in [0.25, 0.3) is 16.8 Å². The SMILES string of the molecule is C=C(NCCC)/C(C)=C/c1c(Cl)c(O)c2ccccc2c1C. The Morgan fingerprint density at radius 1 is 1.32 bits per heavy atom. The molecule has 0 aliphatic rings. The lowest BCUT2D eigenvalue weighted by Gasteiger charge is -2.14. The van der Waals surface area contributed by atoms with Gasteiger partial charge in [-0.05, 0) is 42.9 Å². The maximum Gasteiger partial charge on any atom is 0.142 e. The lowest BCUT2D eigenvalue weighted by Crippen LogP contribution is -2.13. The fourth-order valence-corrected chi connectivity index (χ4v) is 2.76. The third-order valence-corrected chi connectivity index (χ3v) is 4.24. The van der Waals surface area contributed by atoms with Crippen molar-refractivity contribution in [2.24, 2.45) is 0 Å². The Hall–Kier alpha value is -1.93. The third-order valence-electron chi connectivity index (χ3n) is 3.86. The summed E-state index contributed by atoms with van der Waals surface area (Å²) in [6.07, 6.45) is 3.03. The van der Waals surface area contributed by atoms with Crippen LogP contribution in [0, 0.1) is 6.92 Å². The minimum atomic E-state index is 0.133. The van der Waals surface area contributed by atoms with Gasteiger partial charge in [0.05, 0.1) is 5.02 Å². The quantitative estimate of drug-likeness (QED) is 0.722. The first-order chi connectivity index (χ1) is 10.5. The first-order valence-corrected chi connectivity index (χ1v) is 7.86. The minimum Gasteiger partial charge on any atom is -0.506 e. The molecule has 0 heterocycles. The van der Waals surface area contributed by atoms with Crippen molar-refractivity contribution < 1.29 is 5.11 Å². The second kappa shape index (κ2) is 6.89. The molecule has 0 amide bonds. The Morgan fingerprint density at radius 2 is 1.95 bits per heavy atom. The number of rotatable bonds is 5. The Labute approximate surface area is 137 Å². The fourth-order valence-electron chi connectivity index (χ4n) is 2.46. The van der Waals surface area contributed by atoms with E-state index < -0.39 is 0 Å². The maximum absolute atomic E-state index is 10.4. The number of hydrogen-bond acceptors (Lipinski definition) is 2. The number of hydrogen-bond donors (Lipinski definition) is 2. The van der Waals surface area contributed by atoms with Gasteiger partial charge in [0.2, 0.25) is 0 Å². The van der Waals surface area contributed by atoms with Crippen molar-refractivity contribution >= 4 is 28.4 Å². The summed E-state index contributed by atoms with van der Waals surface area (Å²) >= 11 is 6.39. The Balaban J connectivity index is 2.54. The van der Waals surface area contributed by atoms with Gasteiger partial charge in [0.25, 0.3) is 0 Å². The van der Waals surface area contributed by atoms with Crippen LogP contribution in [0.2, 0.25) is 5.02 Å². The number of allylic oxidation sites excluding steroid dienone is 1. The average Bonchev–Trinajstić information content (AvgIpc) is 2.54. The number of phenolic OH excluding ortho intramolecular Hbond substituents is 1. The van der Waals surface area contributed by atoms with Gasteiger partial charge < -0.3 is 10.4 Å². The van der Waals surface area contributed by atoms with E-state index in [2.05, 4.69) is 18.8 Å². The molecule has 0 saturated heterocycles. The molecule has 0 aromatic heterocycles. The summed E-state index contributed by atoms with van der Waals surface area (Å²) in [6.45, 7) is 11.1. The van der Waals surface area contributed by atoms with E-state index in [-0.39, 0.29) is 5.75 Å². The number of phenols is 1. The molecule has 2 N–H and O–H groups in total. The summed E-state index contributed by atoms with van der Waals surface area (Å²) in [5.74, 6) is 0.133. The maximum atomic E-state index is 10.4. The van der Waals surface area contributed by atoms with E-state index in [1.54, 1.807) is 0 Å². The molecule has 2 aromatic carbocycles. The molecule has 0 saturated carbocycles. The van der Waals surface area contributed by atoms with Crippen molar-refractivity contribution in [1.29, 1.82) is 0 Å². The third kappa shape index (κ3) is 3.12. The molecule has 22 heavy (non-hydrogen) atoms. The van der Waals surface area contributed by atoms with E-state index in [4.69, 9.17) is 11.6 Å². The minimum absolute atomic E-state index is 0.133. The molecule has 0 unspecified atom stereocenters.